The van der Waals surface area contributed by atoms with E-state index in [1.54, 1.807) is 12.1 Å². The number of aliphatic hydroxyl groups excluding tert-OH is 1. The number of fused-ring (bicyclic) bond motifs is 2. The summed E-state index contributed by atoms with van der Waals surface area (Å²) < 4.78 is 0. The number of amides is 4. The molecule has 0 aliphatic heterocycles. The van der Waals surface area contributed by atoms with Gasteiger partial charge < -0.3 is 36.3 Å². The summed E-state index contributed by atoms with van der Waals surface area (Å²) in [5.74, 6) is -2.41. The van der Waals surface area contributed by atoms with E-state index in [1.165, 1.54) is 0 Å². The molecule has 2 heterocycles. The van der Waals surface area contributed by atoms with Crippen molar-refractivity contribution in [1.29, 1.82) is 0 Å². The molecule has 0 aliphatic carbocycles. The third kappa shape index (κ3) is 9.72. The molecule has 0 bridgehead atoms. The predicted molar refractivity (Wildman–Crippen MR) is 219 cm³/mol. The van der Waals surface area contributed by atoms with Crippen molar-refractivity contribution in [3.8, 4) is 0 Å². The molecule has 11 nitrogen and oxygen atoms in total. The van der Waals surface area contributed by atoms with Gasteiger partial charge in [0, 0.05) is 21.8 Å². The zero-order valence-corrected chi connectivity index (χ0v) is 32.1. The Morgan fingerprint density at radius 1 is 0.518 bits per heavy atom. The lowest BCUT2D eigenvalue weighted by atomic mass is 9.91. The standard InChI is InChI=1S/C45H50N6O5/c1-27(2)39(50-42(53)37-25-31-19-11-13-21-33(31)46-37)44(55)48-35(23-29-15-7-5-8-16-29)41(52)36(24-30-17-9-6-10-18-30)49-45(56)40(28(3)4)51-43(54)38-26-32-20-12-14-22-34(32)47-38/h5-22,25-28,35-36,39-41,46-47,52H,23-24H2,1-4H3,(H,48,55)(H,49,56)(H,50,53)(H,51,54)/t35-,36-,39?,40?,41?/m0/s1. The Kier molecular flexibility index (Phi) is 12.7. The number of aliphatic hydroxyl groups is 1. The highest BCUT2D eigenvalue weighted by Crippen LogP contribution is 2.19. The van der Waals surface area contributed by atoms with E-state index >= 15 is 0 Å². The van der Waals surface area contributed by atoms with Gasteiger partial charge in [-0.15, -0.1) is 0 Å². The molecule has 6 rings (SSSR count). The fourth-order valence-electron chi connectivity index (χ4n) is 6.98. The second-order valence-electron chi connectivity index (χ2n) is 15.0. The number of benzene rings is 4. The molecule has 0 saturated carbocycles. The highest BCUT2D eigenvalue weighted by Gasteiger charge is 2.36. The molecule has 0 fully saturated rings. The maximum atomic E-state index is 14.2. The number of rotatable bonds is 16. The van der Waals surface area contributed by atoms with Crippen molar-refractivity contribution >= 4 is 45.4 Å². The summed E-state index contributed by atoms with van der Waals surface area (Å²) in [4.78, 5) is 61.5. The number of hydrogen-bond acceptors (Lipinski definition) is 5. The summed E-state index contributed by atoms with van der Waals surface area (Å²) in [6.07, 6.45) is -0.821. The third-order valence-corrected chi connectivity index (χ3v) is 10.1. The topological polar surface area (TPSA) is 168 Å². The molecule has 2 aromatic heterocycles. The van der Waals surface area contributed by atoms with Gasteiger partial charge in [0.1, 0.15) is 23.5 Å². The Morgan fingerprint density at radius 3 is 1.23 bits per heavy atom. The van der Waals surface area contributed by atoms with Gasteiger partial charge in [0.15, 0.2) is 0 Å². The maximum absolute atomic E-state index is 14.2. The monoisotopic (exact) mass is 754 g/mol. The largest absolute Gasteiger partial charge is 0.389 e. The molecular formula is C45H50N6O5. The van der Waals surface area contributed by atoms with Crippen LogP contribution in [0, 0.1) is 11.8 Å². The first-order valence-electron chi connectivity index (χ1n) is 19.1. The average Bonchev–Trinajstić information content (AvgIpc) is 3.84. The van der Waals surface area contributed by atoms with Gasteiger partial charge in [-0.25, -0.2) is 0 Å². The Hall–Kier alpha value is -6.20. The molecular weight excluding hydrogens is 705 g/mol. The highest BCUT2D eigenvalue weighted by atomic mass is 16.3. The summed E-state index contributed by atoms with van der Waals surface area (Å²) >= 11 is 0. The molecule has 56 heavy (non-hydrogen) atoms. The van der Waals surface area contributed by atoms with Crippen LogP contribution < -0.4 is 21.3 Å². The van der Waals surface area contributed by atoms with Gasteiger partial charge in [-0.1, -0.05) is 125 Å². The molecule has 0 spiro atoms. The fraction of sp³-hybridized carbons (Fsp3) is 0.289. The average molecular weight is 755 g/mol. The van der Waals surface area contributed by atoms with Crippen LogP contribution in [0.4, 0.5) is 0 Å². The van der Waals surface area contributed by atoms with Crippen LogP contribution in [0.15, 0.2) is 121 Å². The van der Waals surface area contributed by atoms with E-state index in [9.17, 15) is 24.3 Å². The van der Waals surface area contributed by atoms with Crippen LogP contribution in [0.3, 0.4) is 0 Å². The minimum Gasteiger partial charge on any atom is -0.389 e. The summed E-state index contributed by atoms with van der Waals surface area (Å²) in [7, 11) is 0. The number of aromatic amines is 2. The summed E-state index contributed by atoms with van der Waals surface area (Å²) in [6, 6.07) is 33.8. The Morgan fingerprint density at radius 2 is 0.875 bits per heavy atom. The second kappa shape index (κ2) is 18.0. The van der Waals surface area contributed by atoms with E-state index in [0.29, 0.717) is 11.4 Å². The lowest BCUT2D eigenvalue weighted by Crippen LogP contribution is -2.61. The molecule has 4 atom stereocenters. The maximum Gasteiger partial charge on any atom is 0.268 e. The predicted octanol–water partition coefficient (Wildman–Crippen LogP) is 5.67. The van der Waals surface area contributed by atoms with Crippen LogP contribution in [0.25, 0.3) is 21.8 Å². The Balaban J connectivity index is 1.25. The first-order chi connectivity index (χ1) is 27.0. The molecule has 4 amide bonds. The smallest absolute Gasteiger partial charge is 0.268 e. The number of aromatic nitrogens is 2. The van der Waals surface area contributed by atoms with E-state index in [-0.39, 0.29) is 24.7 Å². The molecule has 11 heteroatoms. The van der Waals surface area contributed by atoms with E-state index in [1.807, 2.05) is 137 Å². The zero-order valence-electron chi connectivity index (χ0n) is 32.1. The molecule has 7 N–H and O–H groups in total. The van der Waals surface area contributed by atoms with Crippen molar-refractivity contribution in [2.75, 3.05) is 0 Å². The van der Waals surface area contributed by atoms with Gasteiger partial charge in [-0.05, 0) is 60.1 Å². The fourth-order valence-corrected chi connectivity index (χ4v) is 6.98. The molecule has 4 aromatic carbocycles. The first kappa shape index (κ1) is 39.5. The first-order valence-corrected chi connectivity index (χ1v) is 19.1. The molecule has 2 unspecified atom stereocenters. The number of nitrogens with one attached hydrogen (secondary N) is 6. The summed E-state index contributed by atoms with van der Waals surface area (Å²) in [6.45, 7) is 7.36. The van der Waals surface area contributed by atoms with Crippen LogP contribution in [0.1, 0.15) is 59.8 Å². The van der Waals surface area contributed by atoms with Gasteiger partial charge in [0.25, 0.3) is 11.8 Å². The van der Waals surface area contributed by atoms with E-state index in [4.69, 9.17) is 0 Å². The molecule has 0 radical (unpaired) electrons. The Bertz CT molecular complexity index is 2040. The van der Waals surface area contributed by atoms with Crippen LogP contribution >= 0.6 is 0 Å². The number of carbonyl (C=O) groups is 4. The Labute approximate surface area is 326 Å². The van der Waals surface area contributed by atoms with Crippen molar-refractivity contribution in [3.63, 3.8) is 0 Å². The second-order valence-corrected chi connectivity index (χ2v) is 15.0. The van der Waals surface area contributed by atoms with Crippen LogP contribution in [0.2, 0.25) is 0 Å². The zero-order chi connectivity index (χ0) is 39.8. The van der Waals surface area contributed by atoms with Crippen molar-refractivity contribution in [1.82, 2.24) is 31.2 Å². The van der Waals surface area contributed by atoms with E-state index in [0.717, 1.165) is 32.9 Å². The lowest BCUT2D eigenvalue weighted by Gasteiger charge is -2.34. The molecule has 290 valence electrons. The molecule has 6 aromatic rings. The van der Waals surface area contributed by atoms with Crippen molar-refractivity contribution in [3.05, 3.63) is 144 Å². The van der Waals surface area contributed by atoms with Gasteiger partial charge in [-0.2, -0.15) is 0 Å². The van der Waals surface area contributed by atoms with Crippen LogP contribution in [0.5, 0.6) is 0 Å². The van der Waals surface area contributed by atoms with Gasteiger partial charge in [0.05, 0.1) is 18.2 Å². The van der Waals surface area contributed by atoms with Gasteiger partial charge in [-0.3, -0.25) is 19.2 Å². The number of hydrogen-bond donors (Lipinski definition) is 7. The minimum absolute atomic E-state index is 0.237. The minimum atomic E-state index is -1.29. The van der Waals surface area contributed by atoms with Crippen molar-refractivity contribution in [2.24, 2.45) is 11.8 Å². The SMILES string of the molecule is CC(C)C(NC(=O)c1cc2ccccc2[nH]1)C(=O)N[C@@H](Cc1ccccc1)C(O)[C@H](Cc1ccccc1)NC(=O)C(NC(=O)c1cc2ccccc2[nH]1)C(C)C. The van der Waals surface area contributed by atoms with Crippen molar-refractivity contribution < 1.29 is 24.3 Å². The number of H-pyrrole nitrogens is 2. The number of para-hydroxylation sites is 2. The summed E-state index contributed by atoms with van der Waals surface area (Å²) in [5.41, 5.74) is 3.97. The van der Waals surface area contributed by atoms with Gasteiger partial charge in [0.2, 0.25) is 11.8 Å². The van der Waals surface area contributed by atoms with Crippen LogP contribution in [-0.2, 0) is 22.4 Å². The van der Waals surface area contributed by atoms with Crippen LogP contribution in [-0.4, -0.2) is 69.0 Å². The third-order valence-electron chi connectivity index (χ3n) is 10.1. The molecule has 0 aliphatic rings. The van der Waals surface area contributed by atoms with E-state index < -0.39 is 53.9 Å². The van der Waals surface area contributed by atoms with Crippen molar-refractivity contribution in [2.45, 2.75) is 70.8 Å². The van der Waals surface area contributed by atoms with Gasteiger partial charge >= 0.3 is 0 Å². The molecule has 0 saturated heterocycles. The summed E-state index contributed by atoms with van der Waals surface area (Å²) in [5, 5.41) is 25.9. The normalized spacial score (nSPS) is 14.2. The van der Waals surface area contributed by atoms with E-state index in [2.05, 4.69) is 31.2 Å². The quantitative estimate of drug-likeness (QED) is 0.0675. The lowest BCUT2D eigenvalue weighted by molar-refractivity contribution is -0.126. The highest BCUT2D eigenvalue weighted by molar-refractivity contribution is 6.01. The number of carbonyl (C=O) groups excluding carboxylic acids is 4.